The second-order valence-electron chi connectivity index (χ2n) is 7.29. The van der Waals surface area contributed by atoms with Crippen LogP contribution >= 0.6 is 11.6 Å². The number of benzene rings is 1. The van der Waals surface area contributed by atoms with Gasteiger partial charge >= 0.3 is 12.0 Å². The Morgan fingerprint density at radius 1 is 1.14 bits per heavy atom. The van der Waals surface area contributed by atoms with Crippen molar-refractivity contribution in [2.24, 2.45) is 5.92 Å². The van der Waals surface area contributed by atoms with Gasteiger partial charge in [0, 0.05) is 6.04 Å². The molecule has 0 radical (unpaired) electrons. The first-order valence-electron chi connectivity index (χ1n) is 9.60. The monoisotopic (exact) mass is 423 g/mol. The van der Waals surface area contributed by atoms with E-state index in [2.05, 4.69) is 16.0 Å². The predicted octanol–water partition coefficient (Wildman–Crippen LogP) is 2.41. The number of hydrogen-bond donors (Lipinski definition) is 3. The molecule has 0 saturated heterocycles. The lowest BCUT2D eigenvalue weighted by Crippen LogP contribution is -2.47. The Morgan fingerprint density at radius 2 is 1.79 bits per heavy atom. The molecule has 8 nitrogen and oxygen atoms in total. The molecule has 0 bridgehead atoms. The van der Waals surface area contributed by atoms with Gasteiger partial charge in [-0.25, -0.2) is 9.59 Å². The highest BCUT2D eigenvalue weighted by atomic mass is 35.5. The summed E-state index contributed by atoms with van der Waals surface area (Å²) in [6.45, 7) is 2.84. The van der Waals surface area contributed by atoms with Crippen LogP contribution in [0.3, 0.4) is 0 Å². The molecule has 1 aliphatic carbocycles. The summed E-state index contributed by atoms with van der Waals surface area (Å²) < 4.78 is 4.99. The Labute approximate surface area is 174 Å². The number of nitrogens with one attached hydrogen (secondary N) is 3. The summed E-state index contributed by atoms with van der Waals surface area (Å²) in [5.41, 5.74) is 0.231. The molecule has 4 amide bonds. The first-order valence-corrected chi connectivity index (χ1v) is 9.98. The van der Waals surface area contributed by atoms with Crippen molar-refractivity contribution in [2.45, 2.75) is 51.6 Å². The van der Waals surface area contributed by atoms with Crippen LogP contribution in [0, 0.1) is 5.92 Å². The molecule has 2 rings (SSSR count). The molecular weight excluding hydrogens is 398 g/mol. The molecule has 1 aromatic rings. The number of halogens is 1. The minimum Gasteiger partial charge on any atom is -0.454 e. The molecule has 1 atom stereocenters. The van der Waals surface area contributed by atoms with E-state index in [1.54, 1.807) is 32.0 Å². The van der Waals surface area contributed by atoms with Gasteiger partial charge in [-0.2, -0.15) is 0 Å². The second-order valence-corrected chi connectivity index (χ2v) is 7.69. The average molecular weight is 424 g/mol. The van der Waals surface area contributed by atoms with E-state index in [4.69, 9.17) is 16.3 Å². The molecule has 1 aliphatic rings. The molecule has 1 unspecified atom stereocenters. The molecule has 0 aromatic heterocycles. The molecular formula is C20H26ClN3O5. The molecule has 1 aromatic carbocycles. The summed E-state index contributed by atoms with van der Waals surface area (Å²) in [6, 6.07) is 4.94. The number of carbonyl (C=O) groups excluding carboxylic acids is 4. The zero-order valence-corrected chi connectivity index (χ0v) is 17.3. The summed E-state index contributed by atoms with van der Waals surface area (Å²) >= 11 is 6.01. The largest absolute Gasteiger partial charge is 0.454 e. The summed E-state index contributed by atoms with van der Waals surface area (Å²) in [4.78, 5) is 48.4. The molecule has 1 fully saturated rings. The second kappa shape index (κ2) is 10.8. The van der Waals surface area contributed by atoms with Crippen molar-refractivity contribution < 1.29 is 23.9 Å². The van der Waals surface area contributed by atoms with E-state index < -0.39 is 36.5 Å². The van der Waals surface area contributed by atoms with E-state index in [-0.39, 0.29) is 22.5 Å². The van der Waals surface area contributed by atoms with Gasteiger partial charge in [-0.1, -0.05) is 50.4 Å². The number of ether oxygens (including phenoxy) is 1. The molecule has 0 heterocycles. The van der Waals surface area contributed by atoms with Crippen LogP contribution in [0.25, 0.3) is 0 Å². The van der Waals surface area contributed by atoms with Gasteiger partial charge in [0.2, 0.25) is 0 Å². The first-order chi connectivity index (χ1) is 13.8. The lowest BCUT2D eigenvalue weighted by atomic mass is 10.0. The number of hydrogen-bond acceptors (Lipinski definition) is 5. The standard InChI is InChI=1S/C20H26ClN3O5/c1-12(2)17(24-18(26)14-9-5-6-10-15(14)21)19(27)29-11-16(25)23-20(28)22-13-7-3-4-8-13/h5-6,9-10,12-13,17H,3-4,7-8,11H2,1-2H3,(H,24,26)(H2,22,23,25,28). The fraction of sp³-hybridized carbons (Fsp3) is 0.500. The number of urea groups is 1. The Morgan fingerprint density at radius 3 is 2.41 bits per heavy atom. The zero-order chi connectivity index (χ0) is 21.4. The van der Waals surface area contributed by atoms with E-state index >= 15 is 0 Å². The van der Waals surface area contributed by atoms with Gasteiger partial charge in [-0.3, -0.25) is 14.9 Å². The van der Waals surface area contributed by atoms with Crippen LogP contribution in [0.4, 0.5) is 4.79 Å². The minimum absolute atomic E-state index is 0.0655. The van der Waals surface area contributed by atoms with E-state index in [0.29, 0.717) is 0 Å². The fourth-order valence-electron chi connectivity index (χ4n) is 3.04. The molecule has 29 heavy (non-hydrogen) atoms. The van der Waals surface area contributed by atoms with Gasteiger partial charge in [0.1, 0.15) is 6.04 Å². The Hall–Kier alpha value is -2.61. The third-order valence-electron chi connectivity index (χ3n) is 4.61. The maximum absolute atomic E-state index is 12.4. The summed E-state index contributed by atoms with van der Waals surface area (Å²) in [7, 11) is 0. The SMILES string of the molecule is CC(C)C(NC(=O)c1ccccc1Cl)C(=O)OCC(=O)NC(=O)NC1CCCC1. The van der Waals surface area contributed by atoms with Crippen molar-refractivity contribution in [2.75, 3.05) is 6.61 Å². The molecule has 0 aliphatic heterocycles. The van der Waals surface area contributed by atoms with Crippen LogP contribution in [-0.4, -0.2) is 42.5 Å². The van der Waals surface area contributed by atoms with Gasteiger partial charge in [-0.05, 0) is 30.9 Å². The van der Waals surface area contributed by atoms with Gasteiger partial charge in [0.05, 0.1) is 10.6 Å². The number of carbonyl (C=O) groups is 4. The third kappa shape index (κ3) is 7.05. The van der Waals surface area contributed by atoms with E-state index in [1.165, 1.54) is 6.07 Å². The highest BCUT2D eigenvalue weighted by Crippen LogP contribution is 2.17. The number of esters is 1. The normalized spacial score (nSPS) is 14.9. The maximum atomic E-state index is 12.4. The summed E-state index contributed by atoms with van der Waals surface area (Å²) in [5, 5.41) is 7.68. The number of imide groups is 1. The molecule has 3 N–H and O–H groups in total. The molecule has 9 heteroatoms. The van der Waals surface area contributed by atoms with Crippen LogP contribution in [0.15, 0.2) is 24.3 Å². The lowest BCUT2D eigenvalue weighted by Gasteiger charge is -2.21. The third-order valence-corrected chi connectivity index (χ3v) is 4.94. The highest BCUT2D eigenvalue weighted by molar-refractivity contribution is 6.33. The summed E-state index contributed by atoms with van der Waals surface area (Å²) in [6.07, 6.45) is 3.87. The average Bonchev–Trinajstić information content (AvgIpc) is 3.16. The van der Waals surface area contributed by atoms with Crippen LogP contribution in [0.2, 0.25) is 5.02 Å². The van der Waals surface area contributed by atoms with Crippen molar-refractivity contribution in [3.05, 3.63) is 34.9 Å². The van der Waals surface area contributed by atoms with E-state index in [9.17, 15) is 19.2 Å². The van der Waals surface area contributed by atoms with Gasteiger partial charge < -0.3 is 15.4 Å². The summed E-state index contributed by atoms with van der Waals surface area (Å²) in [5.74, 6) is -2.32. The van der Waals surface area contributed by atoms with Crippen LogP contribution in [-0.2, 0) is 14.3 Å². The van der Waals surface area contributed by atoms with E-state index in [0.717, 1.165) is 25.7 Å². The minimum atomic E-state index is -0.973. The molecule has 1 saturated carbocycles. The topological polar surface area (TPSA) is 114 Å². The zero-order valence-electron chi connectivity index (χ0n) is 16.5. The Kier molecular flexibility index (Phi) is 8.45. The fourth-order valence-corrected chi connectivity index (χ4v) is 3.26. The maximum Gasteiger partial charge on any atom is 0.329 e. The quantitative estimate of drug-likeness (QED) is 0.583. The van der Waals surface area contributed by atoms with Crippen molar-refractivity contribution in [1.82, 2.24) is 16.0 Å². The van der Waals surface area contributed by atoms with Crippen LogP contribution in [0.5, 0.6) is 0 Å². The number of amides is 4. The van der Waals surface area contributed by atoms with E-state index in [1.807, 2.05) is 0 Å². The Balaban J connectivity index is 1.84. The molecule has 158 valence electrons. The van der Waals surface area contributed by atoms with Crippen molar-refractivity contribution in [3.63, 3.8) is 0 Å². The van der Waals surface area contributed by atoms with Crippen LogP contribution in [0.1, 0.15) is 49.9 Å². The smallest absolute Gasteiger partial charge is 0.329 e. The van der Waals surface area contributed by atoms with Crippen LogP contribution < -0.4 is 16.0 Å². The van der Waals surface area contributed by atoms with Crippen molar-refractivity contribution >= 4 is 35.4 Å². The Bertz CT molecular complexity index is 762. The van der Waals surface area contributed by atoms with Crippen molar-refractivity contribution in [1.29, 1.82) is 0 Å². The predicted molar refractivity (Wildman–Crippen MR) is 107 cm³/mol. The van der Waals surface area contributed by atoms with Gasteiger partial charge in [-0.15, -0.1) is 0 Å². The van der Waals surface area contributed by atoms with Crippen molar-refractivity contribution in [3.8, 4) is 0 Å². The molecule has 0 spiro atoms. The number of rotatable bonds is 7. The van der Waals surface area contributed by atoms with Gasteiger partial charge in [0.15, 0.2) is 6.61 Å². The first kappa shape index (κ1) is 22.7. The lowest BCUT2D eigenvalue weighted by molar-refractivity contribution is -0.151. The highest BCUT2D eigenvalue weighted by Gasteiger charge is 2.27. The van der Waals surface area contributed by atoms with Gasteiger partial charge in [0.25, 0.3) is 11.8 Å².